The summed E-state index contributed by atoms with van der Waals surface area (Å²) in [5.41, 5.74) is 9.25. The van der Waals surface area contributed by atoms with E-state index in [1.165, 1.54) is 0 Å². The zero-order valence-corrected chi connectivity index (χ0v) is 15.6. The van der Waals surface area contributed by atoms with Gasteiger partial charge in [-0.3, -0.25) is 10.2 Å². The number of anilines is 1. The molecule has 0 spiro atoms. The minimum absolute atomic E-state index is 0. The number of rotatable bonds is 4. The van der Waals surface area contributed by atoms with Gasteiger partial charge in [-0.15, -0.1) is 12.4 Å². The highest BCUT2D eigenvalue weighted by molar-refractivity contribution is 6.10. The molecule has 0 saturated heterocycles. The summed E-state index contributed by atoms with van der Waals surface area (Å²) in [6.07, 6.45) is 3.22. The number of nitrogen functional groups attached to an aromatic ring is 1. The molecule has 0 aliphatic rings. The van der Waals surface area contributed by atoms with E-state index in [9.17, 15) is 4.79 Å². The van der Waals surface area contributed by atoms with Gasteiger partial charge in [0.15, 0.2) is 0 Å². The van der Waals surface area contributed by atoms with Crippen molar-refractivity contribution >= 4 is 40.6 Å². The molecule has 5 nitrogen and oxygen atoms in total. The van der Waals surface area contributed by atoms with E-state index in [-0.39, 0.29) is 24.1 Å². The van der Waals surface area contributed by atoms with E-state index in [1.54, 1.807) is 18.6 Å². The van der Waals surface area contributed by atoms with Crippen LogP contribution in [0.2, 0.25) is 0 Å². The van der Waals surface area contributed by atoms with Crippen molar-refractivity contribution in [2.24, 2.45) is 5.73 Å². The summed E-state index contributed by atoms with van der Waals surface area (Å²) in [5.74, 6) is -0.190. The maximum absolute atomic E-state index is 12.8. The highest BCUT2D eigenvalue weighted by Gasteiger charge is 2.14. The first kappa shape index (κ1) is 19.2. The standard InChI is InChI=1S/C22H17N3O2.ClH/c23-21(24)15-7-6-14-10-17(22(26)25-18-4-2-1-3-5-18)12-20(19(14)11-15)16-8-9-27-13-16;/h1-13H,(H3,23,24)(H,25,26);1H. The molecule has 1 amide bonds. The predicted molar refractivity (Wildman–Crippen MR) is 114 cm³/mol. The summed E-state index contributed by atoms with van der Waals surface area (Å²) in [4.78, 5) is 12.8. The van der Waals surface area contributed by atoms with Crippen LogP contribution in [-0.4, -0.2) is 11.7 Å². The van der Waals surface area contributed by atoms with Crippen LogP contribution in [0, 0.1) is 5.41 Å². The molecule has 0 fully saturated rings. The van der Waals surface area contributed by atoms with E-state index in [2.05, 4.69) is 5.32 Å². The summed E-state index contributed by atoms with van der Waals surface area (Å²) in [5, 5.41) is 12.4. The number of benzene rings is 3. The molecule has 28 heavy (non-hydrogen) atoms. The van der Waals surface area contributed by atoms with Crippen molar-refractivity contribution in [2.45, 2.75) is 0 Å². The van der Waals surface area contributed by atoms with Crippen LogP contribution in [0.25, 0.3) is 21.9 Å². The molecule has 0 aliphatic carbocycles. The van der Waals surface area contributed by atoms with Crippen LogP contribution in [0.4, 0.5) is 5.69 Å². The van der Waals surface area contributed by atoms with Crippen LogP contribution in [-0.2, 0) is 0 Å². The van der Waals surface area contributed by atoms with E-state index in [0.29, 0.717) is 11.1 Å². The molecule has 1 heterocycles. The third-order valence-corrected chi connectivity index (χ3v) is 4.39. The molecule has 1 aromatic heterocycles. The maximum atomic E-state index is 12.8. The number of amidine groups is 1. The largest absolute Gasteiger partial charge is 0.472 e. The number of furan rings is 1. The van der Waals surface area contributed by atoms with Crippen molar-refractivity contribution < 1.29 is 9.21 Å². The molecule has 140 valence electrons. The highest BCUT2D eigenvalue weighted by Crippen LogP contribution is 2.31. The van der Waals surface area contributed by atoms with Crippen LogP contribution in [0.1, 0.15) is 15.9 Å². The monoisotopic (exact) mass is 391 g/mol. The van der Waals surface area contributed by atoms with E-state index >= 15 is 0 Å². The molecule has 3 aromatic carbocycles. The van der Waals surface area contributed by atoms with Crippen molar-refractivity contribution in [2.75, 3.05) is 5.32 Å². The van der Waals surface area contributed by atoms with E-state index < -0.39 is 0 Å². The van der Waals surface area contributed by atoms with Gasteiger partial charge in [0.2, 0.25) is 0 Å². The van der Waals surface area contributed by atoms with E-state index in [1.807, 2.05) is 60.7 Å². The molecule has 4 rings (SSSR count). The van der Waals surface area contributed by atoms with Crippen LogP contribution < -0.4 is 11.1 Å². The zero-order chi connectivity index (χ0) is 18.8. The molecule has 0 saturated carbocycles. The van der Waals surface area contributed by atoms with Gasteiger partial charge in [0.1, 0.15) is 5.84 Å². The van der Waals surface area contributed by atoms with Gasteiger partial charge in [0, 0.05) is 22.4 Å². The molecular formula is C22H18ClN3O2. The first-order valence-corrected chi connectivity index (χ1v) is 8.43. The molecule has 0 radical (unpaired) electrons. The Labute approximate surface area is 168 Å². The number of carbonyl (C=O) groups is 1. The van der Waals surface area contributed by atoms with Gasteiger partial charge in [-0.05, 0) is 52.7 Å². The Morgan fingerprint density at radius 1 is 0.964 bits per heavy atom. The minimum atomic E-state index is -0.191. The van der Waals surface area contributed by atoms with E-state index in [0.717, 1.165) is 27.6 Å². The second kappa shape index (κ2) is 7.98. The van der Waals surface area contributed by atoms with Gasteiger partial charge >= 0.3 is 0 Å². The van der Waals surface area contributed by atoms with Gasteiger partial charge in [0.25, 0.3) is 5.91 Å². The molecular weight excluding hydrogens is 374 g/mol. The van der Waals surface area contributed by atoms with Gasteiger partial charge in [-0.1, -0.05) is 30.3 Å². The fourth-order valence-corrected chi connectivity index (χ4v) is 3.04. The number of amides is 1. The number of para-hydroxylation sites is 1. The first-order valence-electron chi connectivity index (χ1n) is 8.43. The number of nitrogens with one attached hydrogen (secondary N) is 2. The van der Waals surface area contributed by atoms with Crippen LogP contribution in [0.15, 0.2) is 83.7 Å². The summed E-state index contributed by atoms with van der Waals surface area (Å²) < 4.78 is 5.22. The summed E-state index contributed by atoms with van der Waals surface area (Å²) in [6, 6.07) is 20.3. The Morgan fingerprint density at radius 2 is 1.75 bits per heavy atom. The summed E-state index contributed by atoms with van der Waals surface area (Å²) >= 11 is 0. The van der Waals surface area contributed by atoms with E-state index in [4.69, 9.17) is 15.6 Å². The van der Waals surface area contributed by atoms with Crippen molar-refractivity contribution in [3.63, 3.8) is 0 Å². The number of fused-ring (bicyclic) bond motifs is 1. The van der Waals surface area contributed by atoms with Crippen molar-refractivity contribution in [3.8, 4) is 11.1 Å². The molecule has 0 unspecified atom stereocenters. The molecule has 4 aromatic rings. The maximum Gasteiger partial charge on any atom is 0.255 e. The molecule has 0 bridgehead atoms. The quantitative estimate of drug-likeness (QED) is 0.335. The third-order valence-electron chi connectivity index (χ3n) is 4.39. The molecule has 0 atom stereocenters. The van der Waals surface area contributed by atoms with Crippen LogP contribution in [0.5, 0.6) is 0 Å². The van der Waals surface area contributed by atoms with Gasteiger partial charge in [-0.2, -0.15) is 0 Å². The Bertz CT molecular complexity index is 1140. The average molecular weight is 392 g/mol. The normalized spacial score (nSPS) is 10.3. The predicted octanol–water partition coefficient (Wildman–Crippen LogP) is 5.06. The smallest absolute Gasteiger partial charge is 0.255 e. The minimum Gasteiger partial charge on any atom is -0.472 e. The van der Waals surface area contributed by atoms with Crippen molar-refractivity contribution in [3.05, 3.63) is 90.4 Å². The Morgan fingerprint density at radius 3 is 2.43 bits per heavy atom. The zero-order valence-electron chi connectivity index (χ0n) is 14.8. The third kappa shape index (κ3) is 3.75. The summed E-state index contributed by atoms with van der Waals surface area (Å²) in [6.45, 7) is 0. The van der Waals surface area contributed by atoms with Gasteiger partial charge in [-0.25, -0.2) is 0 Å². The van der Waals surface area contributed by atoms with Crippen molar-refractivity contribution in [1.29, 1.82) is 5.41 Å². The lowest BCUT2D eigenvalue weighted by Gasteiger charge is -2.11. The number of carbonyl (C=O) groups excluding carboxylic acids is 1. The molecule has 0 aliphatic heterocycles. The second-order valence-electron chi connectivity index (χ2n) is 6.21. The first-order chi connectivity index (χ1) is 13.1. The second-order valence-corrected chi connectivity index (χ2v) is 6.21. The average Bonchev–Trinajstić information content (AvgIpc) is 3.22. The topological polar surface area (TPSA) is 92.1 Å². The Hall–Kier alpha value is -3.57. The molecule has 4 N–H and O–H groups in total. The number of hydrogen-bond donors (Lipinski definition) is 3. The Kier molecular flexibility index (Phi) is 5.47. The van der Waals surface area contributed by atoms with Gasteiger partial charge in [0.05, 0.1) is 12.5 Å². The summed E-state index contributed by atoms with van der Waals surface area (Å²) in [7, 11) is 0. The molecule has 6 heteroatoms. The fraction of sp³-hybridized carbons (Fsp3) is 0. The number of nitrogens with two attached hydrogens (primary N) is 1. The fourth-order valence-electron chi connectivity index (χ4n) is 3.04. The number of hydrogen-bond acceptors (Lipinski definition) is 3. The Balaban J connectivity index is 0.00000225. The van der Waals surface area contributed by atoms with Crippen LogP contribution in [0.3, 0.4) is 0 Å². The van der Waals surface area contributed by atoms with Gasteiger partial charge < -0.3 is 15.5 Å². The lowest BCUT2D eigenvalue weighted by molar-refractivity contribution is 0.102. The lowest BCUT2D eigenvalue weighted by Crippen LogP contribution is -2.12. The SMILES string of the molecule is Cl.N=C(N)c1ccc2cc(C(=O)Nc3ccccc3)cc(-c3ccoc3)c2c1. The highest BCUT2D eigenvalue weighted by atomic mass is 35.5. The number of halogens is 1. The lowest BCUT2D eigenvalue weighted by atomic mass is 9.95. The van der Waals surface area contributed by atoms with Crippen LogP contribution >= 0.6 is 12.4 Å². The van der Waals surface area contributed by atoms with Crippen molar-refractivity contribution in [1.82, 2.24) is 0 Å².